The van der Waals surface area contributed by atoms with Crippen molar-refractivity contribution in [2.24, 2.45) is 0 Å². The van der Waals surface area contributed by atoms with Crippen molar-refractivity contribution < 1.29 is 4.42 Å². The van der Waals surface area contributed by atoms with E-state index in [0.717, 1.165) is 33.1 Å². The maximum atomic E-state index is 6.33. The van der Waals surface area contributed by atoms with Crippen molar-refractivity contribution in [3.05, 3.63) is 121 Å². The summed E-state index contributed by atoms with van der Waals surface area (Å²) < 4.78 is 6.33. The molecule has 2 heterocycles. The topological polar surface area (TPSA) is 28.9 Å². The lowest BCUT2D eigenvalue weighted by molar-refractivity contribution is 0.670. The summed E-state index contributed by atoms with van der Waals surface area (Å²) in [5, 5.41) is 7.31. The summed E-state index contributed by atoms with van der Waals surface area (Å²) in [5.41, 5.74) is 8.86. The number of rotatable bonds is 2. The number of aromatic amines is 1. The Balaban J connectivity index is 1.35. The van der Waals surface area contributed by atoms with E-state index in [9.17, 15) is 0 Å². The van der Waals surface area contributed by atoms with Gasteiger partial charge < -0.3 is 9.40 Å². The first-order chi connectivity index (χ1) is 17.8. The van der Waals surface area contributed by atoms with Gasteiger partial charge in [0.15, 0.2) is 0 Å². The van der Waals surface area contributed by atoms with Gasteiger partial charge in [0.2, 0.25) is 0 Å². The average Bonchev–Trinajstić information content (AvgIpc) is 3.52. The van der Waals surface area contributed by atoms with E-state index >= 15 is 0 Å². The summed E-state index contributed by atoms with van der Waals surface area (Å²) in [7, 11) is 0. The molecule has 2 heteroatoms. The van der Waals surface area contributed by atoms with E-state index in [1.165, 1.54) is 43.7 Å². The zero-order valence-electron chi connectivity index (χ0n) is 19.5. The number of furan rings is 1. The van der Waals surface area contributed by atoms with Crippen LogP contribution >= 0.6 is 0 Å². The van der Waals surface area contributed by atoms with Gasteiger partial charge in [0, 0.05) is 38.1 Å². The number of nitrogens with one attached hydrogen (secondary N) is 1. The molecular weight excluding hydrogens is 438 g/mol. The van der Waals surface area contributed by atoms with Crippen LogP contribution in [0.2, 0.25) is 0 Å². The number of fused-ring (bicyclic) bond motifs is 8. The maximum Gasteiger partial charge on any atom is 0.143 e. The van der Waals surface area contributed by atoms with Crippen molar-refractivity contribution in [3.8, 4) is 22.3 Å². The SMILES string of the molecule is c1cc(-c2cccc3c2[nH]c2c4ccccc4ccc32)cc(-c2cccc3c2oc2ccccc23)c1. The predicted molar refractivity (Wildman–Crippen MR) is 151 cm³/mol. The quantitative estimate of drug-likeness (QED) is 0.274. The number of para-hydroxylation sites is 3. The first-order valence-electron chi connectivity index (χ1n) is 12.3. The molecule has 0 saturated heterocycles. The second kappa shape index (κ2) is 7.34. The Bertz CT molecular complexity index is 2110. The molecule has 168 valence electrons. The van der Waals surface area contributed by atoms with Crippen LogP contribution in [0.4, 0.5) is 0 Å². The van der Waals surface area contributed by atoms with Crippen molar-refractivity contribution in [1.29, 1.82) is 0 Å². The van der Waals surface area contributed by atoms with Crippen molar-refractivity contribution >= 4 is 54.5 Å². The molecule has 0 spiro atoms. The number of benzene rings is 6. The van der Waals surface area contributed by atoms with Crippen molar-refractivity contribution in [3.63, 3.8) is 0 Å². The summed E-state index contributed by atoms with van der Waals surface area (Å²) in [4.78, 5) is 3.78. The van der Waals surface area contributed by atoms with Crippen LogP contribution in [-0.4, -0.2) is 4.98 Å². The van der Waals surface area contributed by atoms with Gasteiger partial charge in [0.05, 0.1) is 11.0 Å². The normalized spacial score (nSPS) is 11.9. The first kappa shape index (κ1) is 19.5. The Morgan fingerprint density at radius 3 is 2.03 bits per heavy atom. The van der Waals surface area contributed by atoms with E-state index in [2.05, 4.69) is 114 Å². The molecule has 2 aromatic heterocycles. The second-order valence-corrected chi connectivity index (χ2v) is 9.42. The lowest BCUT2D eigenvalue weighted by atomic mass is 9.96. The molecule has 8 rings (SSSR count). The van der Waals surface area contributed by atoms with Gasteiger partial charge in [-0.05, 0) is 28.6 Å². The van der Waals surface area contributed by atoms with Crippen LogP contribution < -0.4 is 0 Å². The van der Waals surface area contributed by atoms with Crippen LogP contribution in [0.15, 0.2) is 126 Å². The van der Waals surface area contributed by atoms with Gasteiger partial charge in [-0.25, -0.2) is 0 Å². The fraction of sp³-hybridized carbons (Fsp3) is 0. The lowest BCUT2D eigenvalue weighted by Crippen LogP contribution is -1.84. The van der Waals surface area contributed by atoms with E-state index < -0.39 is 0 Å². The van der Waals surface area contributed by atoms with E-state index in [4.69, 9.17) is 4.42 Å². The van der Waals surface area contributed by atoms with Gasteiger partial charge in [-0.1, -0.05) is 109 Å². The zero-order chi connectivity index (χ0) is 23.6. The summed E-state index contributed by atoms with van der Waals surface area (Å²) in [6, 6.07) is 43.1. The molecule has 0 aliphatic heterocycles. The summed E-state index contributed by atoms with van der Waals surface area (Å²) >= 11 is 0. The van der Waals surface area contributed by atoms with Gasteiger partial charge in [-0.15, -0.1) is 0 Å². The highest BCUT2D eigenvalue weighted by Gasteiger charge is 2.15. The van der Waals surface area contributed by atoms with Crippen LogP contribution in [-0.2, 0) is 0 Å². The molecule has 0 aliphatic rings. The Labute approximate surface area is 207 Å². The highest BCUT2D eigenvalue weighted by atomic mass is 16.3. The molecule has 6 aromatic carbocycles. The van der Waals surface area contributed by atoms with Crippen LogP contribution in [0.25, 0.3) is 76.8 Å². The van der Waals surface area contributed by atoms with E-state index in [-0.39, 0.29) is 0 Å². The summed E-state index contributed by atoms with van der Waals surface area (Å²) in [6.07, 6.45) is 0. The van der Waals surface area contributed by atoms with Crippen molar-refractivity contribution in [2.75, 3.05) is 0 Å². The van der Waals surface area contributed by atoms with Crippen molar-refractivity contribution in [1.82, 2.24) is 4.98 Å². The summed E-state index contributed by atoms with van der Waals surface area (Å²) in [5.74, 6) is 0. The third-order valence-corrected chi connectivity index (χ3v) is 7.42. The Morgan fingerprint density at radius 2 is 1.11 bits per heavy atom. The Hall–Kier alpha value is -4.82. The molecule has 0 radical (unpaired) electrons. The van der Waals surface area contributed by atoms with Crippen molar-refractivity contribution in [2.45, 2.75) is 0 Å². The minimum absolute atomic E-state index is 0.922. The molecule has 8 aromatic rings. The standard InChI is InChI=1S/C34H21NO/c1-2-11-24-21(8-1)18-19-29-28-15-6-13-25(33(28)35-32(24)29)22-9-5-10-23(20-22)26-14-7-16-30-27-12-3-4-17-31(27)36-34(26)30/h1-20,35H. The number of hydrogen-bond acceptors (Lipinski definition) is 1. The van der Waals surface area contributed by atoms with Crippen LogP contribution in [0, 0.1) is 0 Å². The minimum atomic E-state index is 0.922. The van der Waals surface area contributed by atoms with Crippen LogP contribution in [0.1, 0.15) is 0 Å². The molecule has 0 unspecified atom stereocenters. The van der Waals surface area contributed by atoms with E-state index in [1.54, 1.807) is 0 Å². The minimum Gasteiger partial charge on any atom is -0.455 e. The molecule has 0 atom stereocenters. The third-order valence-electron chi connectivity index (χ3n) is 7.42. The Morgan fingerprint density at radius 1 is 0.444 bits per heavy atom. The Kier molecular flexibility index (Phi) is 3.97. The molecule has 0 fully saturated rings. The fourth-order valence-corrected chi connectivity index (χ4v) is 5.74. The maximum absolute atomic E-state index is 6.33. The highest BCUT2D eigenvalue weighted by molar-refractivity contribution is 6.19. The van der Waals surface area contributed by atoms with E-state index in [0.29, 0.717) is 0 Å². The van der Waals surface area contributed by atoms with Gasteiger partial charge >= 0.3 is 0 Å². The monoisotopic (exact) mass is 459 g/mol. The number of H-pyrrole nitrogens is 1. The van der Waals surface area contributed by atoms with Gasteiger partial charge in [0.1, 0.15) is 11.2 Å². The average molecular weight is 460 g/mol. The second-order valence-electron chi connectivity index (χ2n) is 9.42. The molecule has 0 bridgehead atoms. The highest BCUT2D eigenvalue weighted by Crippen LogP contribution is 2.39. The number of hydrogen-bond donors (Lipinski definition) is 1. The van der Waals surface area contributed by atoms with Gasteiger partial charge in [-0.2, -0.15) is 0 Å². The zero-order valence-corrected chi connectivity index (χ0v) is 19.5. The predicted octanol–water partition coefficient (Wildman–Crippen LogP) is 9.71. The molecule has 2 nitrogen and oxygen atoms in total. The van der Waals surface area contributed by atoms with E-state index in [1.807, 2.05) is 12.1 Å². The smallest absolute Gasteiger partial charge is 0.143 e. The molecule has 0 amide bonds. The van der Waals surface area contributed by atoms with Crippen LogP contribution in [0.5, 0.6) is 0 Å². The lowest BCUT2D eigenvalue weighted by Gasteiger charge is -2.08. The summed E-state index contributed by atoms with van der Waals surface area (Å²) in [6.45, 7) is 0. The molecule has 0 aliphatic carbocycles. The van der Waals surface area contributed by atoms with Gasteiger partial charge in [0.25, 0.3) is 0 Å². The molecule has 1 N–H and O–H groups in total. The molecule has 36 heavy (non-hydrogen) atoms. The molecule has 0 saturated carbocycles. The number of aromatic nitrogens is 1. The largest absolute Gasteiger partial charge is 0.455 e. The third kappa shape index (κ3) is 2.73. The fourth-order valence-electron chi connectivity index (χ4n) is 5.74. The van der Waals surface area contributed by atoms with Crippen LogP contribution in [0.3, 0.4) is 0 Å². The van der Waals surface area contributed by atoms with Gasteiger partial charge in [-0.3, -0.25) is 0 Å². The molecular formula is C34H21NO. The first-order valence-corrected chi connectivity index (χ1v) is 12.3.